The smallest absolute Gasteiger partial charge is 0.330 e. The van der Waals surface area contributed by atoms with Gasteiger partial charge in [-0.1, -0.05) is 0 Å². The van der Waals surface area contributed by atoms with Crippen molar-refractivity contribution in [1.29, 1.82) is 0 Å². The molecule has 3 rings (SSSR count). The summed E-state index contributed by atoms with van der Waals surface area (Å²) in [6.07, 6.45) is -3.01. The number of H-pyrrole nitrogens is 1. The molecule has 9 heteroatoms. The molecule has 4 N–H and O–H groups in total. The van der Waals surface area contributed by atoms with Crippen molar-refractivity contribution in [2.45, 2.75) is 29.4 Å². The van der Waals surface area contributed by atoms with Gasteiger partial charge in [-0.05, 0) is 24.3 Å². The first-order valence-corrected chi connectivity index (χ1v) is 8.19. The highest BCUT2D eigenvalue weighted by atomic mass is 32.2. The number of nitrogens with one attached hydrogen (secondary N) is 1. The maximum atomic E-state index is 11.8. The van der Waals surface area contributed by atoms with Crippen LogP contribution in [0.4, 0.5) is 0 Å². The predicted molar refractivity (Wildman–Crippen MR) is 86.1 cm³/mol. The lowest BCUT2D eigenvalue weighted by Crippen LogP contribution is -2.37. The highest BCUT2D eigenvalue weighted by Gasteiger charge is 2.43. The summed E-state index contributed by atoms with van der Waals surface area (Å²) in [7, 11) is 0. The first-order valence-electron chi connectivity index (χ1n) is 7.20. The van der Waals surface area contributed by atoms with E-state index in [2.05, 4.69) is 4.98 Å². The van der Waals surface area contributed by atoms with Crippen molar-refractivity contribution in [3.05, 3.63) is 57.4 Å². The average molecular weight is 352 g/mol. The fourth-order valence-electron chi connectivity index (χ4n) is 2.45. The van der Waals surface area contributed by atoms with Crippen LogP contribution in [0, 0.1) is 0 Å². The van der Waals surface area contributed by atoms with Crippen LogP contribution in [0.5, 0.6) is 5.75 Å². The van der Waals surface area contributed by atoms with E-state index in [0.29, 0.717) is 5.75 Å². The first-order chi connectivity index (χ1) is 11.5. The molecule has 0 amide bonds. The van der Waals surface area contributed by atoms with Gasteiger partial charge in [0, 0.05) is 22.9 Å². The number of aromatic amines is 1. The molecule has 0 bridgehead atoms. The minimum Gasteiger partial charge on any atom is -0.508 e. The Bertz CT molecular complexity index is 818. The van der Waals surface area contributed by atoms with Crippen LogP contribution in [-0.2, 0) is 4.74 Å². The number of aromatic hydroxyl groups is 1. The number of benzene rings is 1. The van der Waals surface area contributed by atoms with E-state index >= 15 is 0 Å². The van der Waals surface area contributed by atoms with Gasteiger partial charge in [-0.25, -0.2) is 4.79 Å². The Morgan fingerprint density at radius 1 is 1.12 bits per heavy atom. The van der Waals surface area contributed by atoms with Crippen LogP contribution in [0.1, 0.15) is 6.23 Å². The Labute approximate surface area is 140 Å². The van der Waals surface area contributed by atoms with E-state index in [1.165, 1.54) is 18.0 Å². The van der Waals surface area contributed by atoms with E-state index in [9.17, 15) is 24.9 Å². The lowest BCUT2D eigenvalue weighted by molar-refractivity contribution is -0.0340. The van der Waals surface area contributed by atoms with Gasteiger partial charge in [0.15, 0.2) is 6.23 Å². The molecule has 0 radical (unpaired) electrons. The van der Waals surface area contributed by atoms with Gasteiger partial charge < -0.3 is 20.1 Å². The van der Waals surface area contributed by atoms with Crippen LogP contribution in [0.25, 0.3) is 0 Å². The van der Waals surface area contributed by atoms with Gasteiger partial charge in [-0.2, -0.15) is 0 Å². The number of hydrogen-bond acceptors (Lipinski definition) is 7. The fraction of sp³-hybridized carbons (Fsp3) is 0.333. The van der Waals surface area contributed by atoms with Crippen LogP contribution >= 0.6 is 11.8 Å². The monoisotopic (exact) mass is 352 g/mol. The first kappa shape index (κ1) is 16.8. The molecule has 0 saturated carbocycles. The normalized spacial score (nSPS) is 26.6. The minimum atomic E-state index is -1.29. The third-order valence-electron chi connectivity index (χ3n) is 3.71. The number of aliphatic hydroxyl groups excluding tert-OH is 2. The number of rotatable bonds is 4. The van der Waals surface area contributed by atoms with Gasteiger partial charge in [0.05, 0.1) is 6.10 Å². The van der Waals surface area contributed by atoms with Crippen molar-refractivity contribution >= 4 is 11.8 Å². The average Bonchev–Trinajstić information content (AvgIpc) is 2.83. The molecular formula is C15H16N2O6S. The van der Waals surface area contributed by atoms with Crippen molar-refractivity contribution in [2.24, 2.45) is 0 Å². The molecule has 0 spiro atoms. The van der Waals surface area contributed by atoms with Gasteiger partial charge in [0.25, 0.3) is 5.56 Å². The van der Waals surface area contributed by atoms with E-state index in [-0.39, 0.29) is 5.75 Å². The number of aromatic nitrogens is 2. The summed E-state index contributed by atoms with van der Waals surface area (Å²) < 4.78 is 6.65. The van der Waals surface area contributed by atoms with E-state index < -0.39 is 35.8 Å². The second-order valence-corrected chi connectivity index (χ2v) is 6.46. The second kappa shape index (κ2) is 6.81. The fourth-order valence-corrected chi connectivity index (χ4v) is 3.41. The van der Waals surface area contributed by atoms with E-state index in [1.807, 2.05) is 0 Å². The second-order valence-electron chi connectivity index (χ2n) is 5.37. The molecule has 2 heterocycles. The zero-order chi connectivity index (χ0) is 17.3. The summed E-state index contributed by atoms with van der Waals surface area (Å²) in [6.45, 7) is 0. The van der Waals surface area contributed by atoms with Crippen LogP contribution < -0.4 is 11.2 Å². The molecule has 1 aliphatic rings. The topological polar surface area (TPSA) is 125 Å². The zero-order valence-electron chi connectivity index (χ0n) is 12.4. The molecule has 8 nitrogen and oxygen atoms in total. The summed E-state index contributed by atoms with van der Waals surface area (Å²) in [4.78, 5) is 25.9. The van der Waals surface area contributed by atoms with Crippen molar-refractivity contribution in [1.82, 2.24) is 9.55 Å². The Hall–Kier alpha value is -2.07. The van der Waals surface area contributed by atoms with Gasteiger partial charge in [0.1, 0.15) is 18.0 Å². The lowest BCUT2D eigenvalue weighted by atomic mass is 10.1. The third-order valence-corrected chi connectivity index (χ3v) is 4.81. The molecule has 1 aliphatic heterocycles. The summed E-state index contributed by atoms with van der Waals surface area (Å²) in [5.74, 6) is 0.502. The van der Waals surface area contributed by atoms with E-state index in [0.717, 1.165) is 15.5 Å². The zero-order valence-corrected chi connectivity index (χ0v) is 13.2. The van der Waals surface area contributed by atoms with Crippen molar-refractivity contribution < 1.29 is 20.1 Å². The molecule has 128 valence electrons. The summed E-state index contributed by atoms with van der Waals surface area (Å²) >= 11 is 1.38. The molecule has 1 aromatic carbocycles. The summed E-state index contributed by atoms with van der Waals surface area (Å²) in [6, 6.07) is 7.68. The predicted octanol–water partition coefficient (Wildman–Crippen LogP) is -0.346. The van der Waals surface area contributed by atoms with Crippen LogP contribution in [0.15, 0.2) is 51.0 Å². The number of hydrogen-bond donors (Lipinski definition) is 4. The summed E-state index contributed by atoms with van der Waals surface area (Å²) in [5, 5.41) is 29.5. The maximum absolute atomic E-state index is 11.8. The Morgan fingerprint density at radius 3 is 2.50 bits per heavy atom. The molecule has 0 aliphatic carbocycles. The number of ether oxygens (including phenoxy) is 1. The van der Waals surface area contributed by atoms with E-state index in [1.54, 1.807) is 24.3 Å². The molecule has 1 aromatic heterocycles. The molecular weight excluding hydrogens is 336 g/mol. The SMILES string of the molecule is O=c1ccn([C@@H]2O[C@H](CSc3ccc(O)cc3)[C@@H](O)[C@H]2O)c(=O)[nH]1. The van der Waals surface area contributed by atoms with Crippen molar-refractivity contribution in [2.75, 3.05) is 5.75 Å². The van der Waals surface area contributed by atoms with Gasteiger partial charge in [-0.3, -0.25) is 14.3 Å². The number of phenolic OH excluding ortho intramolecular Hbond substituents is 1. The number of aliphatic hydroxyl groups is 2. The Kier molecular flexibility index (Phi) is 4.76. The molecule has 0 unspecified atom stereocenters. The van der Waals surface area contributed by atoms with E-state index in [4.69, 9.17) is 4.74 Å². The highest BCUT2D eigenvalue weighted by Crippen LogP contribution is 2.32. The molecule has 1 fully saturated rings. The summed E-state index contributed by atoms with van der Waals surface area (Å²) in [5.41, 5.74) is -1.27. The van der Waals surface area contributed by atoms with Crippen molar-refractivity contribution in [3.8, 4) is 5.75 Å². The largest absolute Gasteiger partial charge is 0.508 e. The third kappa shape index (κ3) is 3.39. The molecule has 1 saturated heterocycles. The van der Waals surface area contributed by atoms with Crippen molar-refractivity contribution in [3.63, 3.8) is 0 Å². The van der Waals surface area contributed by atoms with Crippen LogP contribution in [-0.4, -0.2) is 48.9 Å². The van der Waals surface area contributed by atoms with Gasteiger partial charge in [0.2, 0.25) is 0 Å². The minimum absolute atomic E-state index is 0.157. The molecule has 24 heavy (non-hydrogen) atoms. The Balaban J connectivity index is 1.71. The van der Waals surface area contributed by atoms with Crippen LogP contribution in [0.2, 0.25) is 0 Å². The number of thioether (sulfide) groups is 1. The van der Waals surface area contributed by atoms with Crippen LogP contribution in [0.3, 0.4) is 0 Å². The highest BCUT2D eigenvalue weighted by molar-refractivity contribution is 7.99. The molecule has 4 atom stereocenters. The van der Waals surface area contributed by atoms with Gasteiger partial charge in [-0.15, -0.1) is 11.8 Å². The Morgan fingerprint density at radius 2 is 1.83 bits per heavy atom. The number of phenols is 1. The maximum Gasteiger partial charge on any atom is 0.330 e. The quantitative estimate of drug-likeness (QED) is 0.555. The number of nitrogens with zero attached hydrogens (tertiary/aromatic N) is 1. The van der Waals surface area contributed by atoms with Gasteiger partial charge >= 0.3 is 5.69 Å². The standard InChI is InChI=1S/C15H16N2O6S/c18-8-1-3-9(4-2-8)24-7-10-12(20)13(21)14(23-10)17-6-5-11(19)16-15(17)22/h1-6,10,12-14,18,20-21H,7H2,(H,16,19,22)/t10-,12-,13-,14-/m1/s1. The lowest BCUT2D eigenvalue weighted by Gasteiger charge is -2.16. The molecule has 2 aromatic rings.